The molecular weight excluding hydrogens is 358 g/mol. The molecule has 1 aromatic heterocycles. The van der Waals surface area contributed by atoms with Crippen molar-refractivity contribution >= 4 is 34.8 Å². The highest BCUT2D eigenvalue weighted by Crippen LogP contribution is 2.33. The molecule has 1 aromatic carbocycles. The lowest BCUT2D eigenvalue weighted by Gasteiger charge is -2.33. The molecule has 2 heterocycles. The second-order valence-corrected chi connectivity index (χ2v) is 6.39. The molecule has 136 valence electrons. The third-order valence-corrected chi connectivity index (χ3v) is 4.78. The van der Waals surface area contributed by atoms with Gasteiger partial charge >= 0.3 is 5.97 Å². The number of aromatic nitrogens is 1. The quantitative estimate of drug-likeness (QED) is 0.805. The summed E-state index contributed by atoms with van der Waals surface area (Å²) in [5.41, 5.74) is 2.63. The van der Waals surface area contributed by atoms with Gasteiger partial charge in [-0.3, -0.25) is 9.59 Å². The van der Waals surface area contributed by atoms with E-state index in [1.807, 2.05) is 0 Å². The molecule has 2 amide bonds. The largest absolute Gasteiger partial charge is 0.477 e. The van der Waals surface area contributed by atoms with Gasteiger partial charge in [-0.25, -0.2) is 9.78 Å². The molecular formula is C17H17N3O5S. The van der Waals surface area contributed by atoms with Crippen molar-refractivity contribution < 1.29 is 23.9 Å². The summed E-state index contributed by atoms with van der Waals surface area (Å²) in [6, 6.07) is 6.90. The fourth-order valence-electron chi connectivity index (χ4n) is 2.54. The maximum atomic E-state index is 12.6. The number of nitrogens with one attached hydrogen (secondary N) is 1. The minimum Gasteiger partial charge on any atom is -0.477 e. The molecule has 8 nitrogen and oxygen atoms in total. The van der Waals surface area contributed by atoms with Crippen molar-refractivity contribution in [3.8, 4) is 5.75 Å². The highest BCUT2D eigenvalue weighted by atomic mass is 32.1. The molecule has 1 unspecified atom stereocenters. The second-order valence-electron chi connectivity index (χ2n) is 5.54. The molecule has 0 radical (unpaired) electrons. The first kappa shape index (κ1) is 17.9. The number of amides is 2. The number of ether oxygens (including phenoxy) is 2. The topological polar surface area (TPSA) is 97.8 Å². The van der Waals surface area contributed by atoms with E-state index in [1.165, 1.54) is 11.9 Å². The summed E-state index contributed by atoms with van der Waals surface area (Å²) in [6.45, 7) is 1.29. The zero-order valence-corrected chi connectivity index (χ0v) is 15.0. The van der Waals surface area contributed by atoms with Crippen molar-refractivity contribution in [3.05, 3.63) is 40.3 Å². The van der Waals surface area contributed by atoms with E-state index in [1.54, 1.807) is 36.7 Å². The predicted molar refractivity (Wildman–Crippen MR) is 94.4 cm³/mol. The Kier molecular flexibility index (Phi) is 5.17. The summed E-state index contributed by atoms with van der Waals surface area (Å²) in [6.07, 6.45) is -0.835. The molecule has 1 atom stereocenters. The van der Waals surface area contributed by atoms with E-state index in [4.69, 9.17) is 9.47 Å². The Hall–Kier alpha value is -2.94. The number of nitrogens with zero attached hydrogens (tertiary/aromatic N) is 2. The van der Waals surface area contributed by atoms with Crippen LogP contribution in [0.2, 0.25) is 0 Å². The molecule has 26 heavy (non-hydrogen) atoms. The number of anilines is 1. The monoisotopic (exact) mass is 375 g/mol. The zero-order chi connectivity index (χ0) is 18.7. The van der Waals surface area contributed by atoms with E-state index in [0.29, 0.717) is 22.0 Å². The van der Waals surface area contributed by atoms with Crippen molar-refractivity contribution in [2.45, 2.75) is 13.0 Å². The number of fused-ring (bicyclic) bond motifs is 1. The third-order valence-electron chi connectivity index (χ3n) is 3.87. The molecule has 2 aromatic rings. The van der Waals surface area contributed by atoms with E-state index in [9.17, 15) is 14.4 Å². The van der Waals surface area contributed by atoms with E-state index in [-0.39, 0.29) is 12.5 Å². The summed E-state index contributed by atoms with van der Waals surface area (Å²) in [4.78, 5) is 42.4. The SMILES string of the molecule is CNC(=O)C1CN(C(=O)COC(=O)c2scnc2C)c2ccccc2O1. The van der Waals surface area contributed by atoms with Crippen LogP contribution in [-0.4, -0.2) is 49.1 Å². The van der Waals surface area contributed by atoms with Gasteiger partial charge in [0.25, 0.3) is 11.8 Å². The van der Waals surface area contributed by atoms with Gasteiger partial charge in [-0.05, 0) is 19.1 Å². The molecule has 1 N–H and O–H groups in total. The molecule has 3 rings (SSSR count). The normalized spacial score (nSPS) is 15.6. The van der Waals surface area contributed by atoms with Gasteiger partial charge in [0.1, 0.15) is 10.6 Å². The summed E-state index contributed by atoms with van der Waals surface area (Å²) >= 11 is 1.16. The Balaban J connectivity index is 1.74. The first-order valence-corrected chi connectivity index (χ1v) is 8.74. The number of benzene rings is 1. The Labute approximate surface area is 153 Å². The van der Waals surface area contributed by atoms with Crippen LogP contribution in [0.5, 0.6) is 5.75 Å². The molecule has 0 saturated heterocycles. The van der Waals surface area contributed by atoms with Gasteiger partial charge in [0.2, 0.25) is 0 Å². The third kappa shape index (κ3) is 3.52. The van der Waals surface area contributed by atoms with Crippen LogP contribution in [0.1, 0.15) is 15.4 Å². The van der Waals surface area contributed by atoms with Crippen LogP contribution in [0, 0.1) is 6.92 Å². The first-order valence-electron chi connectivity index (χ1n) is 7.86. The lowest BCUT2D eigenvalue weighted by atomic mass is 10.1. The number of likely N-dealkylation sites (N-methyl/N-ethyl adjacent to an activating group) is 1. The lowest BCUT2D eigenvalue weighted by Crippen LogP contribution is -2.51. The van der Waals surface area contributed by atoms with Crippen LogP contribution in [0.25, 0.3) is 0 Å². The average molecular weight is 375 g/mol. The van der Waals surface area contributed by atoms with Crippen LogP contribution in [0.4, 0.5) is 5.69 Å². The maximum Gasteiger partial charge on any atom is 0.350 e. The van der Waals surface area contributed by atoms with E-state index in [2.05, 4.69) is 10.3 Å². The zero-order valence-electron chi connectivity index (χ0n) is 14.2. The molecule has 0 saturated carbocycles. The van der Waals surface area contributed by atoms with Crippen LogP contribution in [0.15, 0.2) is 29.8 Å². The van der Waals surface area contributed by atoms with Crippen LogP contribution in [-0.2, 0) is 14.3 Å². The molecule has 0 bridgehead atoms. The number of thiazole rings is 1. The molecule has 1 aliphatic heterocycles. The number of aryl methyl sites for hydroxylation is 1. The maximum absolute atomic E-state index is 12.6. The Morgan fingerprint density at radius 2 is 2.15 bits per heavy atom. The van der Waals surface area contributed by atoms with Gasteiger partial charge in [-0.1, -0.05) is 12.1 Å². The standard InChI is InChI=1S/C17H17N3O5S/c1-10-15(26-9-19-10)17(23)24-8-14(21)20-7-13(16(22)18-2)25-12-6-4-3-5-11(12)20/h3-6,9,13H,7-8H2,1-2H3,(H,18,22). The van der Waals surface area contributed by atoms with Crippen LogP contribution >= 0.6 is 11.3 Å². The van der Waals surface area contributed by atoms with Crippen molar-refractivity contribution in [1.82, 2.24) is 10.3 Å². The van der Waals surface area contributed by atoms with Gasteiger partial charge in [-0.15, -0.1) is 11.3 Å². The number of carbonyl (C=O) groups is 3. The summed E-state index contributed by atoms with van der Waals surface area (Å²) in [5.74, 6) is -0.951. The van der Waals surface area contributed by atoms with E-state index < -0.39 is 24.6 Å². The fourth-order valence-corrected chi connectivity index (χ4v) is 3.23. The number of hydrogen-bond acceptors (Lipinski definition) is 7. The van der Waals surface area contributed by atoms with Crippen molar-refractivity contribution in [3.63, 3.8) is 0 Å². The summed E-state index contributed by atoms with van der Waals surface area (Å²) in [5, 5.41) is 2.51. The van der Waals surface area contributed by atoms with Gasteiger partial charge in [0, 0.05) is 7.05 Å². The number of para-hydroxylation sites is 2. The molecule has 0 aliphatic carbocycles. The van der Waals surface area contributed by atoms with Gasteiger partial charge < -0.3 is 19.7 Å². The molecule has 0 spiro atoms. The highest BCUT2D eigenvalue weighted by Gasteiger charge is 2.33. The number of esters is 1. The Morgan fingerprint density at radius 3 is 2.85 bits per heavy atom. The summed E-state index contributed by atoms with van der Waals surface area (Å²) in [7, 11) is 1.50. The highest BCUT2D eigenvalue weighted by molar-refractivity contribution is 7.11. The lowest BCUT2D eigenvalue weighted by molar-refractivity contribution is -0.128. The molecule has 1 aliphatic rings. The van der Waals surface area contributed by atoms with Crippen molar-refractivity contribution in [2.24, 2.45) is 0 Å². The number of carbonyl (C=O) groups excluding carboxylic acids is 3. The van der Waals surface area contributed by atoms with Crippen LogP contribution < -0.4 is 15.0 Å². The fraction of sp³-hybridized carbons (Fsp3) is 0.294. The molecule has 0 fully saturated rings. The Morgan fingerprint density at radius 1 is 1.38 bits per heavy atom. The number of hydrogen-bond donors (Lipinski definition) is 1. The van der Waals surface area contributed by atoms with Crippen molar-refractivity contribution in [1.29, 1.82) is 0 Å². The van der Waals surface area contributed by atoms with Gasteiger partial charge in [0.15, 0.2) is 12.7 Å². The average Bonchev–Trinajstić information content (AvgIpc) is 3.10. The second kappa shape index (κ2) is 7.52. The summed E-state index contributed by atoms with van der Waals surface area (Å²) < 4.78 is 10.8. The van der Waals surface area contributed by atoms with Crippen LogP contribution in [0.3, 0.4) is 0 Å². The van der Waals surface area contributed by atoms with E-state index >= 15 is 0 Å². The minimum absolute atomic E-state index is 0.0344. The molecule has 9 heteroatoms. The van der Waals surface area contributed by atoms with E-state index in [0.717, 1.165) is 11.3 Å². The van der Waals surface area contributed by atoms with Crippen molar-refractivity contribution in [2.75, 3.05) is 25.1 Å². The first-order chi connectivity index (χ1) is 12.5. The smallest absolute Gasteiger partial charge is 0.350 e. The van der Waals surface area contributed by atoms with Gasteiger partial charge in [-0.2, -0.15) is 0 Å². The number of rotatable bonds is 4. The minimum atomic E-state index is -0.835. The predicted octanol–water partition coefficient (Wildman–Crippen LogP) is 1.15. The van der Waals surface area contributed by atoms with Gasteiger partial charge in [0.05, 0.1) is 23.4 Å². The Bertz CT molecular complexity index is 850.